The first-order valence-corrected chi connectivity index (χ1v) is 11.0. The van der Waals surface area contributed by atoms with Gasteiger partial charge in [-0.1, -0.05) is 77.4 Å². The third-order valence-corrected chi connectivity index (χ3v) is 6.61. The lowest BCUT2D eigenvalue weighted by molar-refractivity contribution is 0.819. The molecule has 1 N–H and O–H groups in total. The molecule has 0 atom stereocenters. The topological polar surface area (TPSA) is 50.7 Å². The second-order valence-electron chi connectivity index (χ2n) is 6.80. The number of aromatic nitrogens is 3. The average Bonchev–Trinajstić information content (AvgIpc) is 3.14. The molecule has 0 aliphatic carbocycles. The predicted molar refractivity (Wildman–Crippen MR) is 125 cm³/mol. The summed E-state index contributed by atoms with van der Waals surface area (Å²) < 4.78 is 1.65. The van der Waals surface area contributed by atoms with E-state index in [2.05, 4.69) is 4.98 Å². The molecule has 7 heteroatoms. The lowest BCUT2D eigenvalue weighted by Crippen LogP contribution is -2.21. The van der Waals surface area contributed by atoms with Crippen LogP contribution in [0, 0.1) is 0 Å². The molecule has 148 valence electrons. The van der Waals surface area contributed by atoms with E-state index in [9.17, 15) is 4.79 Å². The summed E-state index contributed by atoms with van der Waals surface area (Å²) in [6.45, 7) is 0. The second kappa shape index (κ2) is 7.84. The molecule has 3 aromatic carbocycles. The Labute approximate surface area is 186 Å². The zero-order valence-electron chi connectivity index (χ0n) is 15.6. The number of halogens is 2. The largest absolute Gasteiger partial charge is 0.349 e. The molecule has 0 bridgehead atoms. The molecular weight excluding hydrogens is 437 g/mol. The number of hydrogen-bond acceptors (Lipinski definition) is 3. The standard InChI is InChI=1S/C23H15Cl2N3OS/c24-17-11-10-14(12-18(17)25)13-30-23-27-20-16-8-4-5-9-19(16)26-21(20)22(29)28(23)15-6-2-1-3-7-15/h1-12,26H,13H2. The Morgan fingerprint density at radius 3 is 2.50 bits per heavy atom. The Morgan fingerprint density at radius 1 is 0.933 bits per heavy atom. The number of para-hydroxylation sites is 2. The van der Waals surface area contributed by atoms with Gasteiger partial charge in [-0.05, 0) is 35.9 Å². The third kappa shape index (κ3) is 3.39. The van der Waals surface area contributed by atoms with Crippen molar-refractivity contribution in [3.63, 3.8) is 0 Å². The SMILES string of the molecule is O=c1c2[nH]c3ccccc3c2nc(SCc2ccc(Cl)c(Cl)c2)n1-c1ccccc1. The van der Waals surface area contributed by atoms with Crippen molar-refractivity contribution < 1.29 is 0 Å². The molecule has 0 radical (unpaired) electrons. The highest BCUT2D eigenvalue weighted by Crippen LogP contribution is 2.30. The van der Waals surface area contributed by atoms with Crippen LogP contribution in [0.2, 0.25) is 10.0 Å². The normalized spacial score (nSPS) is 11.4. The summed E-state index contributed by atoms with van der Waals surface area (Å²) in [6.07, 6.45) is 0. The minimum Gasteiger partial charge on any atom is -0.349 e. The van der Waals surface area contributed by atoms with Crippen molar-refractivity contribution in [2.24, 2.45) is 0 Å². The number of benzene rings is 3. The summed E-state index contributed by atoms with van der Waals surface area (Å²) in [4.78, 5) is 21.6. The molecular formula is C23H15Cl2N3OS. The number of hydrogen-bond donors (Lipinski definition) is 1. The molecule has 0 aliphatic rings. The molecule has 4 nitrogen and oxygen atoms in total. The van der Waals surface area contributed by atoms with Crippen molar-refractivity contribution in [2.45, 2.75) is 10.9 Å². The number of fused-ring (bicyclic) bond motifs is 3. The summed E-state index contributed by atoms with van der Waals surface area (Å²) in [5.74, 6) is 0.601. The average molecular weight is 452 g/mol. The Bertz CT molecular complexity index is 1440. The van der Waals surface area contributed by atoms with Gasteiger partial charge >= 0.3 is 0 Å². The van der Waals surface area contributed by atoms with Crippen LogP contribution in [0.5, 0.6) is 0 Å². The zero-order valence-corrected chi connectivity index (χ0v) is 17.9. The van der Waals surface area contributed by atoms with E-state index in [0.29, 0.717) is 32.0 Å². The van der Waals surface area contributed by atoms with E-state index in [1.54, 1.807) is 10.6 Å². The van der Waals surface area contributed by atoms with Crippen LogP contribution >= 0.6 is 35.0 Å². The van der Waals surface area contributed by atoms with Crippen LogP contribution in [-0.2, 0) is 5.75 Å². The molecule has 5 aromatic rings. The smallest absolute Gasteiger partial charge is 0.283 e. The highest BCUT2D eigenvalue weighted by atomic mass is 35.5. The second-order valence-corrected chi connectivity index (χ2v) is 8.56. The van der Waals surface area contributed by atoms with E-state index in [1.807, 2.05) is 66.7 Å². The van der Waals surface area contributed by atoms with E-state index in [1.165, 1.54) is 11.8 Å². The number of thioether (sulfide) groups is 1. The molecule has 0 aliphatic heterocycles. The number of H-pyrrole nitrogens is 1. The van der Waals surface area contributed by atoms with E-state index < -0.39 is 0 Å². The van der Waals surface area contributed by atoms with Gasteiger partial charge in [0.1, 0.15) is 11.0 Å². The number of aromatic amines is 1. The van der Waals surface area contributed by atoms with Crippen molar-refractivity contribution in [3.8, 4) is 5.69 Å². The monoisotopic (exact) mass is 451 g/mol. The summed E-state index contributed by atoms with van der Waals surface area (Å²) >= 11 is 13.7. The van der Waals surface area contributed by atoms with Gasteiger partial charge in [0.2, 0.25) is 0 Å². The first-order valence-electron chi connectivity index (χ1n) is 9.27. The molecule has 0 saturated heterocycles. The van der Waals surface area contributed by atoms with Gasteiger partial charge < -0.3 is 4.98 Å². The van der Waals surface area contributed by atoms with Gasteiger partial charge in [-0.15, -0.1) is 0 Å². The third-order valence-electron chi connectivity index (χ3n) is 4.86. The summed E-state index contributed by atoms with van der Waals surface area (Å²) in [6, 6.07) is 22.9. The van der Waals surface area contributed by atoms with Crippen LogP contribution in [0.1, 0.15) is 5.56 Å². The van der Waals surface area contributed by atoms with Crippen molar-refractivity contribution in [1.82, 2.24) is 14.5 Å². The lowest BCUT2D eigenvalue weighted by atomic mass is 10.2. The molecule has 30 heavy (non-hydrogen) atoms. The molecule has 0 amide bonds. The van der Waals surface area contributed by atoms with E-state index in [-0.39, 0.29) is 5.56 Å². The summed E-state index contributed by atoms with van der Waals surface area (Å²) in [5.41, 5.74) is 3.72. The van der Waals surface area contributed by atoms with Crippen molar-refractivity contribution in [2.75, 3.05) is 0 Å². The number of nitrogens with one attached hydrogen (secondary N) is 1. The number of rotatable bonds is 4. The fourth-order valence-electron chi connectivity index (χ4n) is 3.42. The van der Waals surface area contributed by atoms with E-state index >= 15 is 0 Å². The van der Waals surface area contributed by atoms with E-state index in [0.717, 1.165) is 22.2 Å². The minimum absolute atomic E-state index is 0.126. The van der Waals surface area contributed by atoms with Crippen molar-refractivity contribution in [1.29, 1.82) is 0 Å². The molecule has 5 rings (SSSR count). The van der Waals surface area contributed by atoms with Crippen LogP contribution in [0.3, 0.4) is 0 Å². The van der Waals surface area contributed by atoms with Gasteiger partial charge in [-0.3, -0.25) is 9.36 Å². The van der Waals surface area contributed by atoms with Crippen LogP contribution in [-0.4, -0.2) is 14.5 Å². The van der Waals surface area contributed by atoms with E-state index in [4.69, 9.17) is 28.2 Å². The molecule has 0 fully saturated rings. The van der Waals surface area contributed by atoms with Gasteiger partial charge in [-0.2, -0.15) is 0 Å². The minimum atomic E-state index is -0.126. The Hall–Kier alpha value is -2.73. The van der Waals surface area contributed by atoms with Crippen molar-refractivity contribution in [3.05, 3.63) is 98.8 Å². The molecule has 0 saturated carbocycles. The van der Waals surface area contributed by atoms with Crippen LogP contribution in [0.4, 0.5) is 0 Å². The molecule has 2 aromatic heterocycles. The van der Waals surface area contributed by atoms with Gasteiger partial charge in [0.05, 0.1) is 15.7 Å². The van der Waals surface area contributed by atoms with Crippen LogP contribution < -0.4 is 5.56 Å². The maximum absolute atomic E-state index is 13.5. The molecule has 2 heterocycles. The quantitative estimate of drug-likeness (QED) is 0.251. The van der Waals surface area contributed by atoms with Crippen LogP contribution in [0.25, 0.3) is 27.6 Å². The van der Waals surface area contributed by atoms with Crippen molar-refractivity contribution >= 4 is 56.9 Å². The molecule has 0 spiro atoms. The van der Waals surface area contributed by atoms with Gasteiger partial charge in [0, 0.05) is 16.7 Å². The maximum Gasteiger partial charge on any atom is 0.283 e. The maximum atomic E-state index is 13.5. The Kier molecular flexibility index (Phi) is 5.03. The summed E-state index contributed by atoms with van der Waals surface area (Å²) in [7, 11) is 0. The highest BCUT2D eigenvalue weighted by Gasteiger charge is 2.17. The van der Waals surface area contributed by atoms with Gasteiger partial charge in [-0.25, -0.2) is 4.98 Å². The molecule has 0 unspecified atom stereocenters. The Balaban J connectivity index is 1.68. The lowest BCUT2D eigenvalue weighted by Gasteiger charge is -2.12. The first-order chi connectivity index (χ1) is 14.6. The fourth-order valence-corrected chi connectivity index (χ4v) is 4.69. The first kappa shape index (κ1) is 19.2. The van der Waals surface area contributed by atoms with Crippen LogP contribution in [0.15, 0.2) is 82.7 Å². The number of nitrogens with zero attached hydrogens (tertiary/aromatic N) is 2. The Morgan fingerprint density at radius 2 is 1.70 bits per heavy atom. The fraction of sp³-hybridized carbons (Fsp3) is 0.0435. The zero-order chi connectivity index (χ0) is 20.7. The van der Waals surface area contributed by atoms with Gasteiger partial charge in [0.25, 0.3) is 5.56 Å². The van der Waals surface area contributed by atoms with Gasteiger partial charge in [0.15, 0.2) is 5.16 Å². The highest BCUT2D eigenvalue weighted by molar-refractivity contribution is 7.98. The predicted octanol–water partition coefficient (Wildman–Crippen LogP) is 6.47. The summed E-state index contributed by atoms with van der Waals surface area (Å²) in [5, 5.41) is 2.58.